The van der Waals surface area contributed by atoms with Gasteiger partial charge in [-0.3, -0.25) is 9.59 Å². The number of nitrogens with zero attached hydrogens (tertiary/aromatic N) is 2. The number of amides is 1. The van der Waals surface area contributed by atoms with E-state index >= 15 is 0 Å². The number of alkyl halides is 3. The second-order valence-corrected chi connectivity index (χ2v) is 6.60. The number of carbonyl (C=O) groups excluding carboxylic acids is 1. The highest BCUT2D eigenvalue weighted by molar-refractivity contribution is 5.92. The second kappa shape index (κ2) is 8.14. The molecule has 1 atom stereocenters. The van der Waals surface area contributed by atoms with Gasteiger partial charge in [0, 0.05) is 24.9 Å². The van der Waals surface area contributed by atoms with Crippen molar-refractivity contribution in [3.05, 3.63) is 57.5 Å². The largest absolute Gasteiger partial charge is 0.418 e. The molecule has 1 fully saturated rings. The van der Waals surface area contributed by atoms with Crippen molar-refractivity contribution < 1.29 is 22.7 Å². The van der Waals surface area contributed by atoms with Crippen LogP contribution < -0.4 is 10.7 Å². The lowest BCUT2D eigenvalue weighted by atomic mass is 10.1. The number of halogens is 3. The Morgan fingerprint density at radius 2 is 2.11 bits per heavy atom. The summed E-state index contributed by atoms with van der Waals surface area (Å²) in [5, 5.41) is 6.52. The number of rotatable bonds is 5. The molecule has 9 heteroatoms. The van der Waals surface area contributed by atoms with Gasteiger partial charge < -0.3 is 10.1 Å². The van der Waals surface area contributed by atoms with E-state index in [0.717, 1.165) is 29.7 Å². The maximum Gasteiger partial charge on any atom is 0.418 e. The molecule has 1 aliphatic heterocycles. The van der Waals surface area contributed by atoms with E-state index in [0.29, 0.717) is 13.0 Å². The number of para-hydroxylation sites is 1. The van der Waals surface area contributed by atoms with E-state index < -0.39 is 28.8 Å². The molecule has 1 N–H and O–H groups in total. The van der Waals surface area contributed by atoms with Crippen molar-refractivity contribution >= 4 is 5.91 Å². The van der Waals surface area contributed by atoms with Crippen molar-refractivity contribution in [1.29, 1.82) is 0 Å². The minimum Gasteiger partial charge on any atom is -0.378 e. The highest BCUT2D eigenvalue weighted by atomic mass is 19.4. The van der Waals surface area contributed by atoms with Gasteiger partial charge in [-0.05, 0) is 38.3 Å². The zero-order chi connectivity index (χ0) is 20.3. The molecule has 2 heterocycles. The molecule has 1 unspecified atom stereocenters. The molecule has 1 aromatic heterocycles. The SMILES string of the molecule is Cc1cc(=O)c(C(=O)NCCC2CCCO2)nn1-c1ccccc1C(F)(F)F. The molecule has 6 nitrogen and oxygen atoms in total. The summed E-state index contributed by atoms with van der Waals surface area (Å²) >= 11 is 0. The number of aromatic nitrogens is 2. The first-order valence-electron chi connectivity index (χ1n) is 8.95. The van der Waals surface area contributed by atoms with E-state index in [1.165, 1.54) is 25.1 Å². The van der Waals surface area contributed by atoms with Gasteiger partial charge in [-0.2, -0.15) is 18.3 Å². The van der Waals surface area contributed by atoms with Crippen molar-refractivity contribution in [2.75, 3.05) is 13.2 Å². The molecule has 0 radical (unpaired) electrons. The summed E-state index contributed by atoms with van der Waals surface area (Å²) in [6, 6.07) is 5.98. The Morgan fingerprint density at radius 1 is 1.36 bits per heavy atom. The quantitative estimate of drug-likeness (QED) is 0.845. The summed E-state index contributed by atoms with van der Waals surface area (Å²) < 4.78 is 46.4. The molecule has 1 saturated heterocycles. The zero-order valence-corrected chi connectivity index (χ0v) is 15.3. The first kappa shape index (κ1) is 20.1. The van der Waals surface area contributed by atoms with E-state index in [1.54, 1.807) is 0 Å². The minimum atomic E-state index is -4.60. The molecule has 0 saturated carbocycles. The average molecular weight is 395 g/mol. The van der Waals surface area contributed by atoms with Crippen molar-refractivity contribution in [2.24, 2.45) is 0 Å². The van der Waals surface area contributed by atoms with Gasteiger partial charge in [0.25, 0.3) is 5.91 Å². The highest BCUT2D eigenvalue weighted by Gasteiger charge is 2.34. The van der Waals surface area contributed by atoms with Gasteiger partial charge in [0.2, 0.25) is 5.43 Å². The Morgan fingerprint density at radius 3 is 2.79 bits per heavy atom. The van der Waals surface area contributed by atoms with E-state index in [4.69, 9.17) is 4.74 Å². The fourth-order valence-electron chi connectivity index (χ4n) is 3.15. The molecule has 0 spiro atoms. The summed E-state index contributed by atoms with van der Waals surface area (Å²) in [6.45, 7) is 2.44. The molecule has 3 rings (SSSR count). The number of hydrogen-bond donors (Lipinski definition) is 1. The van der Waals surface area contributed by atoms with Crippen molar-refractivity contribution in [3.63, 3.8) is 0 Å². The first-order chi connectivity index (χ1) is 13.3. The van der Waals surface area contributed by atoms with Crippen LogP contribution in [-0.2, 0) is 10.9 Å². The number of hydrogen-bond acceptors (Lipinski definition) is 4. The molecule has 1 aromatic carbocycles. The van der Waals surface area contributed by atoms with Crippen LogP contribution in [-0.4, -0.2) is 34.9 Å². The van der Waals surface area contributed by atoms with E-state index in [9.17, 15) is 22.8 Å². The number of benzene rings is 1. The predicted octanol–water partition coefficient (Wildman–Crippen LogP) is 2.86. The molecule has 0 bridgehead atoms. The van der Waals surface area contributed by atoms with Gasteiger partial charge in [-0.15, -0.1) is 0 Å². The van der Waals surface area contributed by atoms with Crippen molar-refractivity contribution in [1.82, 2.24) is 15.1 Å². The normalized spacial score (nSPS) is 16.9. The summed E-state index contributed by atoms with van der Waals surface area (Å²) in [7, 11) is 0. The summed E-state index contributed by atoms with van der Waals surface area (Å²) in [6.07, 6.45) is -2.04. The van der Waals surface area contributed by atoms with Crippen LogP contribution in [0.25, 0.3) is 5.69 Å². The van der Waals surface area contributed by atoms with Gasteiger partial charge in [0.1, 0.15) is 0 Å². The van der Waals surface area contributed by atoms with E-state index in [1.807, 2.05) is 0 Å². The summed E-state index contributed by atoms with van der Waals surface area (Å²) in [5.74, 6) is -0.721. The molecule has 150 valence electrons. The van der Waals surface area contributed by atoms with Gasteiger partial charge >= 0.3 is 6.18 Å². The van der Waals surface area contributed by atoms with Gasteiger partial charge in [-0.1, -0.05) is 12.1 Å². The Kier molecular flexibility index (Phi) is 5.83. The molecule has 28 heavy (non-hydrogen) atoms. The Hall–Kier alpha value is -2.68. The van der Waals surface area contributed by atoms with Crippen molar-refractivity contribution in [3.8, 4) is 5.69 Å². The molecular weight excluding hydrogens is 375 g/mol. The smallest absolute Gasteiger partial charge is 0.378 e. The third kappa shape index (κ3) is 4.41. The fraction of sp³-hybridized carbons (Fsp3) is 0.421. The van der Waals surface area contributed by atoms with Crippen LogP contribution in [0.15, 0.2) is 35.1 Å². The number of aryl methyl sites for hydroxylation is 1. The predicted molar refractivity (Wildman–Crippen MR) is 95.5 cm³/mol. The zero-order valence-electron chi connectivity index (χ0n) is 15.3. The third-order valence-electron chi connectivity index (χ3n) is 4.54. The minimum absolute atomic E-state index is 0.0709. The standard InChI is InChI=1S/C19H20F3N3O3/c1-12-11-16(26)17(18(27)23-9-8-13-5-4-10-28-13)24-25(12)15-7-3-2-6-14(15)19(20,21)22/h2-3,6-7,11,13H,4-5,8-10H2,1H3,(H,23,27). The number of nitrogens with one attached hydrogen (secondary N) is 1. The van der Waals surface area contributed by atoms with Crippen LogP contribution in [0.2, 0.25) is 0 Å². The van der Waals surface area contributed by atoms with Crippen molar-refractivity contribution in [2.45, 2.75) is 38.5 Å². The van der Waals surface area contributed by atoms with E-state index in [2.05, 4.69) is 10.4 Å². The topological polar surface area (TPSA) is 73.2 Å². The second-order valence-electron chi connectivity index (χ2n) is 6.60. The van der Waals surface area contributed by atoms with E-state index in [-0.39, 0.29) is 24.0 Å². The molecule has 0 aliphatic carbocycles. The lowest BCUT2D eigenvalue weighted by molar-refractivity contribution is -0.137. The number of carbonyl (C=O) groups is 1. The third-order valence-corrected chi connectivity index (χ3v) is 4.54. The molecule has 1 aliphatic rings. The average Bonchev–Trinajstić information content (AvgIpc) is 3.14. The molecule has 2 aromatic rings. The summed E-state index contributed by atoms with van der Waals surface area (Å²) in [4.78, 5) is 24.5. The number of ether oxygens (including phenoxy) is 1. The van der Waals surface area contributed by atoms with Crippen LogP contribution in [0.1, 0.15) is 41.0 Å². The van der Waals surface area contributed by atoms with Crippen LogP contribution in [0.4, 0.5) is 13.2 Å². The Bertz CT molecular complexity index is 919. The fourth-order valence-corrected chi connectivity index (χ4v) is 3.15. The molecule has 1 amide bonds. The van der Waals surface area contributed by atoms with Crippen LogP contribution in [0, 0.1) is 6.92 Å². The summed E-state index contributed by atoms with van der Waals surface area (Å²) in [5.41, 5.74) is -2.06. The lowest BCUT2D eigenvalue weighted by Gasteiger charge is -2.16. The Labute approximate surface area is 159 Å². The maximum atomic E-state index is 13.3. The maximum absolute atomic E-state index is 13.3. The highest BCUT2D eigenvalue weighted by Crippen LogP contribution is 2.33. The van der Waals surface area contributed by atoms with Crippen LogP contribution >= 0.6 is 0 Å². The van der Waals surface area contributed by atoms with Gasteiger partial charge in [0.15, 0.2) is 5.69 Å². The molecular formula is C19H20F3N3O3. The van der Waals surface area contributed by atoms with Gasteiger partial charge in [0.05, 0.1) is 17.4 Å². The lowest BCUT2D eigenvalue weighted by Crippen LogP contribution is -2.33. The van der Waals surface area contributed by atoms with Crippen LogP contribution in [0.3, 0.4) is 0 Å². The monoisotopic (exact) mass is 395 g/mol. The Balaban J connectivity index is 1.87. The van der Waals surface area contributed by atoms with Gasteiger partial charge in [-0.25, -0.2) is 4.68 Å². The first-order valence-corrected chi connectivity index (χ1v) is 8.95. The van der Waals surface area contributed by atoms with Crippen LogP contribution in [0.5, 0.6) is 0 Å².